The van der Waals surface area contributed by atoms with Crippen LogP contribution in [-0.4, -0.2) is 56.5 Å². The molecule has 2 aliphatic rings. The van der Waals surface area contributed by atoms with E-state index in [0.29, 0.717) is 0 Å². The average Bonchev–Trinajstić information content (AvgIpc) is 3.04. The monoisotopic (exact) mass is 345 g/mol. The van der Waals surface area contributed by atoms with Gasteiger partial charge >= 0.3 is 5.97 Å². The number of hydrogen-bond donors (Lipinski definition) is 1. The zero-order chi connectivity index (χ0) is 18.5. The first kappa shape index (κ1) is 17.4. The molecule has 0 spiro atoms. The Labute approximate surface area is 146 Å². The first-order valence-corrected chi connectivity index (χ1v) is 8.17. The van der Waals surface area contributed by atoms with Crippen LogP contribution in [0.1, 0.15) is 18.5 Å². The van der Waals surface area contributed by atoms with Gasteiger partial charge in [0.2, 0.25) is 11.8 Å². The van der Waals surface area contributed by atoms with Crippen molar-refractivity contribution < 1.29 is 19.1 Å². The van der Waals surface area contributed by atoms with Crippen LogP contribution in [0.4, 0.5) is 5.69 Å². The molecule has 3 rings (SSSR count). The number of anilines is 1. The number of rotatable bonds is 3. The van der Waals surface area contributed by atoms with E-state index in [1.165, 1.54) is 14.2 Å². The molecule has 2 fully saturated rings. The van der Waals surface area contributed by atoms with Crippen molar-refractivity contribution in [1.29, 1.82) is 0 Å². The van der Waals surface area contributed by atoms with E-state index in [1.807, 2.05) is 43.3 Å². The highest BCUT2D eigenvalue weighted by atomic mass is 16.5. The fourth-order valence-corrected chi connectivity index (χ4v) is 3.95. The summed E-state index contributed by atoms with van der Waals surface area (Å²) in [6, 6.07) is 7.31. The minimum Gasteiger partial charge on any atom is -0.468 e. The number of amides is 2. The van der Waals surface area contributed by atoms with Crippen molar-refractivity contribution in [2.24, 2.45) is 11.8 Å². The van der Waals surface area contributed by atoms with Crippen molar-refractivity contribution in [2.45, 2.75) is 18.5 Å². The van der Waals surface area contributed by atoms with Gasteiger partial charge in [-0.1, -0.05) is 12.1 Å². The van der Waals surface area contributed by atoms with Gasteiger partial charge in [0.25, 0.3) is 0 Å². The molecule has 2 aliphatic heterocycles. The molecule has 4 atom stereocenters. The summed E-state index contributed by atoms with van der Waals surface area (Å²) in [5.41, 5.74) is 0.659. The Morgan fingerprint density at radius 2 is 1.80 bits per heavy atom. The molecule has 0 aromatic heterocycles. The lowest BCUT2D eigenvalue weighted by Gasteiger charge is -2.28. The van der Waals surface area contributed by atoms with Gasteiger partial charge in [0, 0.05) is 32.9 Å². The van der Waals surface area contributed by atoms with Gasteiger partial charge in [0.1, 0.15) is 5.54 Å². The molecular weight excluding hydrogens is 322 g/mol. The summed E-state index contributed by atoms with van der Waals surface area (Å²) in [7, 11) is 6.64. The maximum absolute atomic E-state index is 12.7. The molecule has 25 heavy (non-hydrogen) atoms. The van der Waals surface area contributed by atoms with Crippen LogP contribution in [0.15, 0.2) is 24.3 Å². The highest BCUT2D eigenvalue weighted by molar-refractivity contribution is 6.09. The SMILES string of the molecule is COC(=O)[C@]1(C)N[C@@H](c2ccc(N(C)C)cc2)[C@H]2C(=O)N(C)C(=O)[C@H]21. The van der Waals surface area contributed by atoms with Crippen LogP contribution in [0, 0.1) is 11.8 Å². The van der Waals surface area contributed by atoms with Gasteiger partial charge in [-0.3, -0.25) is 24.6 Å². The summed E-state index contributed by atoms with van der Waals surface area (Å²) in [5.74, 6) is -2.53. The van der Waals surface area contributed by atoms with Gasteiger partial charge in [-0.05, 0) is 24.6 Å². The molecule has 0 unspecified atom stereocenters. The first-order chi connectivity index (χ1) is 11.7. The second kappa shape index (κ2) is 5.84. The van der Waals surface area contributed by atoms with Gasteiger partial charge in [-0.25, -0.2) is 0 Å². The van der Waals surface area contributed by atoms with Crippen LogP contribution < -0.4 is 10.2 Å². The predicted octanol–water partition coefficient (Wildman–Crippen LogP) is 0.560. The molecule has 0 bridgehead atoms. The highest BCUT2D eigenvalue weighted by Gasteiger charge is 2.66. The van der Waals surface area contributed by atoms with Gasteiger partial charge in [-0.15, -0.1) is 0 Å². The summed E-state index contributed by atoms with van der Waals surface area (Å²) >= 11 is 0. The van der Waals surface area contributed by atoms with E-state index in [2.05, 4.69) is 5.32 Å². The quantitative estimate of drug-likeness (QED) is 0.637. The molecule has 1 aromatic carbocycles. The Balaban J connectivity index is 2.04. The highest BCUT2D eigenvalue weighted by Crippen LogP contribution is 2.48. The minimum atomic E-state index is -1.23. The van der Waals surface area contributed by atoms with E-state index < -0.39 is 29.4 Å². The maximum Gasteiger partial charge on any atom is 0.326 e. The number of benzene rings is 1. The topological polar surface area (TPSA) is 79.0 Å². The summed E-state index contributed by atoms with van der Waals surface area (Å²) in [6.45, 7) is 1.63. The number of esters is 1. The average molecular weight is 345 g/mol. The van der Waals surface area contributed by atoms with E-state index >= 15 is 0 Å². The Hall–Kier alpha value is -2.41. The van der Waals surface area contributed by atoms with Crippen LogP contribution in [0.5, 0.6) is 0 Å². The first-order valence-electron chi connectivity index (χ1n) is 8.17. The zero-order valence-corrected chi connectivity index (χ0v) is 15.1. The van der Waals surface area contributed by atoms with Crippen molar-refractivity contribution in [2.75, 3.05) is 33.2 Å². The molecule has 0 saturated carbocycles. The number of ether oxygens (including phenoxy) is 1. The molecule has 1 aromatic rings. The number of carbonyl (C=O) groups excluding carboxylic acids is 3. The molecule has 2 heterocycles. The molecule has 134 valence electrons. The third-order valence-electron chi connectivity index (χ3n) is 5.39. The zero-order valence-electron chi connectivity index (χ0n) is 15.1. The van der Waals surface area contributed by atoms with E-state index in [9.17, 15) is 14.4 Å². The number of likely N-dealkylation sites (tertiary alicyclic amines) is 1. The number of nitrogens with zero attached hydrogens (tertiary/aromatic N) is 2. The fourth-order valence-electron chi connectivity index (χ4n) is 3.95. The smallest absolute Gasteiger partial charge is 0.326 e. The summed E-state index contributed by atoms with van der Waals surface area (Å²) < 4.78 is 4.91. The Kier molecular flexibility index (Phi) is 4.07. The van der Waals surface area contributed by atoms with Crippen molar-refractivity contribution in [3.05, 3.63) is 29.8 Å². The normalized spacial score (nSPS) is 31.2. The van der Waals surface area contributed by atoms with Crippen LogP contribution in [0.3, 0.4) is 0 Å². The van der Waals surface area contributed by atoms with Gasteiger partial charge in [-0.2, -0.15) is 0 Å². The molecule has 0 radical (unpaired) electrons. The Morgan fingerprint density at radius 1 is 1.20 bits per heavy atom. The van der Waals surface area contributed by atoms with E-state index in [4.69, 9.17) is 4.74 Å². The second-order valence-electron chi connectivity index (χ2n) is 7.04. The molecule has 1 N–H and O–H groups in total. The van der Waals surface area contributed by atoms with Crippen LogP contribution in [0.2, 0.25) is 0 Å². The van der Waals surface area contributed by atoms with Gasteiger partial charge in [0.05, 0.1) is 18.9 Å². The second-order valence-corrected chi connectivity index (χ2v) is 7.04. The number of carbonyl (C=O) groups is 3. The largest absolute Gasteiger partial charge is 0.468 e. The number of nitrogens with one attached hydrogen (secondary N) is 1. The van der Waals surface area contributed by atoms with E-state index in [-0.39, 0.29) is 11.8 Å². The number of fused-ring (bicyclic) bond motifs is 1. The lowest BCUT2D eigenvalue weighted by atomic mass is 9.80. The molecule has 2 amide bonds. The molecular formula is C18H23N3O4. The molecule has 2 saturated heterocycles. The summed E-state index contributed by atoms with van der Waals surface area (Å²) in [4.78, 5) is 40.7. The van der Waals surface area contributed by atoms with Gasteiger partial charge < -0.3 is 9.64 Å². The summed E-state index contributed by atoms with van der Waals surface area (Å²) in [6.07, 6.45) is 0. The molecule has 7 heteroatoms. The predicted molar refractivity (Wildman–Crippen MR) is 91.8 cm³/mol. The van der Waals surface area contributed by atoms with Crippen molar-refractivity contribution in [1.82, 2.24) is 10.2 Å². The van der Waals surface area contributed by atoms with Crippen LogP contribution in [0.25, 0.3) is 0 Å². The van der Waals surface area contributed by atoms with Gasteiger partial charge in [0.15, 0.2) is 0 Å². The lowest BCUT2D eigenvalue weighted by Crippen LogP contribution is -2.53. The van der Waals surface area contributed by atoms with Crippen molar-refractivity contribution in [3.8, 4) is 0 Å². The maximum atomic E-state index is 12.7. The van der Waals surface area contributed by atoms with Crippen molar-refractivity contribution in [3.63, 3.8) is 0 Å². The van der Waals surface area contributed by atoms with E-state index in [0.717, 1.165) is 16.2 Å². The Bertz CT molecular complexity index is 730. The van der Waals surface area contributed by atoms with Crippen molar-refractivity contribution >= 4 is 23.5 Å². The van der Waals surface area contributed by atoms with E-state index in [1.54, 1.807) is 6.92 Å². The number of methoxy groups -OCH3 is 1. The minimum absolute atomic E-state index is 0.267. The van der Waals surface area contributed by atoms with Crippen LogP contribution in [-0.2, 0) is 19.1 Å². The summed E-state index contributed by atoms with van der Waals surface area (Å²) in [5, 5.41) is 3.21. The number of hydrogen-bond acceptors (Lipinski definition) is 6. The number of imide groups is 1. The molecule has 0 aliphatic carbocycles. The lowest BCUT2D eigenvalue weighted by molar-refractivity contribution is -0.152. The fraction of sp³-hybridized carbons (Fsp3) is 0.500. The Morgan fingerprint density at radius 3 is 2.32 bits per heavy atom. The third-order valence-corrected chi connectivity index (χ3v) is 5.39. The van der Waals surface area contributed by atoms with Crippen LogP contribution >= 0.6 is 0 Å². The molecule has 7 nitrogen and oxygen atoms in total. The standard InChI is InChI=1S/C18H23N3O4/c1-18(17(24)25-5)13-12(15(22)21(4)16(13)23)14(19-18)10-6-8-11(9-7-10)20(2)3/h6-9,12-14,19H,1-5H3/t12-,13-,14-,18+/m0/s1. The third kappa shape index (κ3) is 2.41.